The number of aromatic amines is 1. The Morgan fingerprint density at radius 3 is 2.55 bits per heavy atom. The molecule has 7 nitrogen and oxygen atoms in total. The summed E-state index contributed by atoms with van der Waals surface area (Å²) in [5.74, 6) is -0.438. The molecule has 3 N–H and O–H groups in total. The van der Waals surface area contributed by atoms with Crippen molar-refractivity contribution >= 4 is 23.6 Å². The minimum atomic E-state index is -1.06. The molecular weight excluding hydrogens is 280 g/mol. The maximum absolute atomic E-state index is 11.9. The number of aromatic nitrogens is 3. The fourth-order valence-corrected chi connectivity index (χ4v) is 1.89. The Balaban J connectivity index is 2.74. The van der Waals surface area contributed by atoms with Gasteiger partial charge >= 0.3 is 5.97 Å². The normalized spacial score (nSPS) is 13.0. The van der Waals surface area contributed by atoms with Gasteiger partial charge in [-0.05, 0) is 18.4 Å². The molecule has 20 heavy (non-hydrogen) atoms. The first kappa shape index (κ1) is 16.5. The summed E-state index contributed by atoms with van der Waals surface area (Å²) in [6.07, 6.45) is 2.24. The minimum absolute atomic E-state index is 0.0367. The summed E-state index contributed by atoms with van der Waals surface area (Å²) in [5.41, 5.74) is -0.253. The van der Waals surface area contributed by atoms with E-state index in [1.54, 1.807) is 0 Å². The number of amides is 1. The quantitative estimate of drug-likeness (QED) is 0.724. The van der Waals surface area contributed by atoms with Gasteiger partial charge in [0.05, 0.1) is 0 Å². The van der Waals surface area contributed by atoms with Crippen molar-refractivity contribution in [2.45, 2.75) is 38.6 Å². The van der Waals surface area contributed by atoms with Gasteiger partial charge in [-0.15, -0.1) is 5.10 Å². The number of hydrogen-bond acceptors (Lipinski definition) is 5. The number of carbonyl (C=O) groups excluding carboxylic acids is 1. The Morgan fingerprint density at radius 1 is 1.45 bits per heavy atom. The summed E-state index contributed by atoms with van der Waals surface area (Å²) in [7, 11) is 0. The maximum Gasteiger partial charge on any atom is 0.326 e. The van der Waals surface area contributed by atoms with Crippen molar-refractivity contribution in [1.29, 1.82) is 0 Å². The first-order chi connectivity index (χ1) is 9.25. The van der Waals surface area contributed by atoms with E-state index in [1.807, 2.05) is 27.0 Å². The molecule has 0 radical (unpaired) electrons. The number of carboxylic acid groups (broad SMARTS) is 1. The van der Waals surface area contributed by atoms with Crippen molar-refractivity contribution in [3.63, 3.8) is 0 Å². The molecule has 1 unspecified atom stereocenters. The fraction of sp³-hybridized carbons (Fsp3) is 0.667. The molecule has 8 heteroatoms. The first-order valence-corrected chi connectivity index (χ1v) is 7.60. The highest BCUT2D eigenvalue weighted by atomic mass is 32.2. The van der Waals surface area contributed by atoms with E-state index < -0.39 is 17.9 Å². The van der Waals surface area contributed by atoms with Crippen LogP contribution in [0, 0.1) is 0 Å². The molecule has 0 saturated carbocycles. The van der Waals surface area contributed by atoms with E-state index in [0.717, 1.165) is 0 Å². The molecule has 0 bridgehead atoms. The van der Waals surface area contributed by atoms with Crippen LogP contribution in [-0.2, 0) is 10.2 Å². The Hall–Kier alpha value is -1.57. The number of carboxylic acids is 1. The molecule has 0 saturated heterocycles. The highest BCUT2D eigenvalue weighted by Gasteiger charge is 2.25. The van der Waals surface area contributed by atoms with Crippen molar-refractivity contribution in [2.24, 2.45) is 0 Å². The minimum Gasteiger partial charge on any atom is -0.480 e. The molecule has 1 rings (SSSR count). The van der Waals surface area contributed by atoms with Crippen LogP contribution >= 0.6 is 11.8 Å². The fourth-order valence-electron chi connectivity index (χ4n) is 1.41. The molecule has 1 heterocycles. The largest absolute Gasteiger partial charge is 0.480 e. The van der Waals surface area contributed by atoms with E-state index in [9.17, 15) is 9.59 Å². The van der Waals surface area contributed by atoms with Crippen LogP contribution < -0.4 is 5.32 Å². The zero-order valence-corrected chi connectivity index (χ0v) is 12.9. The monoisotopic (exact) mass is 300 g/mol. The van der Waals surface area contributed by atoms with Gasteiger partial charge in [0.1, 0.15) is 11.9 Å². The predicted molar refractivity (Wildman–Crippen MR) is 77.0 cm³/mol. The van der Waals surface area contributed by atoms with Crippen molar-refractivity contribution in [3.8, 4) is 0 Å². The number of H-pyrrole nitrogens is 1. The molecule has 1 aromatic rings. The zero-order valence-electron chi connectivity index (χ0n) is 12.1. The van der Waals surface area contributed by atoms with Crippen LogP contribution in [0.1, 0.15) is 43.6 Å². The van der Waals surface area contributed by atoms with Gasteiger partial charge in [-0.3, -0.25) is 9.89 Å². The summed E-state index contributed by atoms with van der Waals surface area (Å²) >= 11 is 1.53. The van der Waals surface area contributed by atoms with Gasteiger partial charge in [0.15, 0.2) is 0 Å². The molecule has 1 amide bonds. The molecule has 1 atom stereocenters. The third-order valence-corrected chi connectivity index (χ3v) is 3.26. The number of carbonyl (C=O) groups is 2. The second-order valence-electron chi connectivity index (χ2n) is 5.40. The molecule has 0 aliphatic rings. The van der Waals surface area contributed by atoms with Crippen LogP contribution in [0.25, 0.3) is 0 Å². The molecular formula is C12H20N4O3S. The standard InChI is InChI=1S/C12H20N4O3S/c1-12(2,3)11-14-8(15-16-11)9(17)13-7(10(18)19)5-6-20-4/h7H,5-6H2,1-4H3,(H,13,17)(H,18,19)(H,14,15,16). The molecule has 1 aromatic heterocycles. The number of aliphatic carboxylic acids is 1. The Labute approximate surface area is 121 Å². The van der Waals surface area contributed by atoms with Crippen molar-refractivity contribution in [2.75, 3.05) is 12.0 Å². The molecule has 0 aliphatic carbocycles. The van der Waals surface area contributed by atoms with Crippen LogP contribution in [0.2, 0.25) is 0 Å². The Morgan fingerprint density at radius 2 is 2.10 bits per heavy atom. The number of nitrogens with zero attached hydrogens (tertiary/aromatic N) is 2. The van der Waals surface area contributed by atoms with Gasteiger partial charge in [-0.2, -0.15) is 11.8 Å². The van der Waals surface area contributed by atoms with Crippen molar-refractivity contribution in [3.05, 3.63) is 11.6 Å². The van der Waals surface area contributed by atoms with E-state index in [0.29, 0.717) is 18.0 Å². The summed E-state index contributed by atoms with van der Waals surface area (Å²) < 4.78 is 0. The molecule has 0 spiro atoms. The first-order valence-electron chi connectivity index (χ1n) is 6.21. The van der Waals surface area contributed by atoms with E-state index >= 15 is 0 Å². The number of hydrogen-bond donors (Lipinski definition) is 3. The Kier molecular flexibility index (Phi) is 5.55. The third-order valence-electron chi connectivity index (χ3n) is 2.61. The van der Waals surface area contributed by atoms with Gasteiger partial charge in [0.25, 0.3) is 5.91 Å². The van der Waals surface area contributed by atoms with Gasteiger partial charge in [-0.1, -0.05) is 20.8 Å². The van der Waals surface area contributed by atoms with Crippen molar-refractivity contribution in [1.82, 2.24) is 20.5 Å². The number of thioether (sulfide) groups is 1. The summed E-state index contributed by atoms with van der Waals surface area (Å²) in [6, 6.07) is -0.925. The molecule has 112 valence electrons. The topological polar surface area (TPSA) is 108 Å². The molecule has 0 aliphatic heterocycles. The smallest absolute Gasteiger partial charge is 0.326 e. The summed E-state index contributed by atoms with van der Waals surface area (Å²) in [4.78, 5) is 27.1. The van der Waals surface area contributed by atoms with E-state index in [1.165, 1.54) is 11.8 Å². The van der Waals surface area contributed by atoms with Crippen LogP contribution in [-0.4, -0.2) is 50.2 Å². The Bertz CT molecular complexity index is 481. The average molecular weight is 300 g/mol. The lowest BCUT2D eigenvalue weighted by Gasteiger charge is -2.13. The second kappa shape index (κ2) is 6.74. The van der Waals surface area contributed by atoms with Gasteiger partial charge < -0.3 is 10.4 Å². The SMILES string of the molecule is CSCCC(NC(=O)c1n[nH]c(C(C)(C)C)n1)C(=O)O. The number of rotatable bonds is 6. The molecule has 0 fully saturated rings. The van der Waals surface area contributed by atoms with Crippen LogP contribution in [0.15, 0.2) is 0 Å². The molecule has 0 aromatic carbocycles. The van der Waals surface area contributed by atoms with Gasteiger partial charge in [0, 0.05) is 5.41 Å². The van der Waals surface area contributed by atoms with E-state index in [2.05, 4.69) is 20.5 Å². The van der Waals surface area contributed by atoms with E-state index in [4.69, 9.17) is 5.11 Å². The van der Waals surface area contributed by atoms with Crippen LogP contribution in [0.5, 0.6) is 0 Å². The van der Waals surface area contributed by atoms with Crippen LogP contribution in [0.4, 0.5) is 0 Å². The lowest BCUT2D eigenvalue weighted by Crippen LogP contribution is -2.41. The second-order valence-corrected chi connectivity index (χ2v) is 6.39. The predicted octanol–water partition coefficient (Wildman–Crippen LogP) is 1.04. The van der Waals surface area contributed by atoms with Crippen molar-refractivity contribution < 1.29 is 14.7 Å². The van der Waals surface area contributed by atoms with Gasteiger partial charge in [-0.25, -0.2) is 9.78 Å². The van der Waals surface area contributed by atoms with Gasteiger partial charge in [0.2, 0.25) is 5.82 Å². The number of nitrogens with one attached hydrogen (secondary N) is 2. The summed E-state index contributed by atoms with van der Waals surface area (Å²) in [6.45, 7) is 5.81. The highest BCUT2D eigenvalue weighted by molar-refractivity contribution is 7.98. The maximum atomic E-state index is 11.9. The zero-order chi connectivity index (χ0) is 15.3. The lowest BCUT2D eigenvalue weighted by atomic mass is 9.96. The lowest BCUT2D eigenvalue weighted by molar-refractivity contribution is -0.139. The average Bonchev–Trinajstić information content (AvgIpc) is 2.83. The summed E-state index contributed by atoms with van der Waals surface area (Å²) in [5, 5.41) is 18.0. The van der Waals surface area contributed by atoms with Crippen LogP contribution in [0.3, 0.4) is 0 Å². The third kappa shape index (κ3) is 4.52. The van der Waals surface area contributed by atoms with E-state index in [-0.39, 0.29) is 11.2 Å². The highest BCUT2D eigenvalue weighted by Crippen LogP contribution is 2.17.